The average molecular weight is 290 g/mol. The van der Waals surface area contributed by atoms with Crippen LogP contribution in [0.15, 0.2) is 0 Å². The third-order valence-electron chi connectivity index (χ3n) is 4.03. The van der Waals surface area contributed by atoms with Gasteiger partial charge in [0.15, 0.2) is 9.84 Å². The van der Waals surface area contributed by atoms with Crippen LogP contribution < -0.4 is 10.6 Å². The zero-order valence-corrected chi connectivity index (χ0v) is 13.2. The lowest BCUT2D eigenvalue weighted by molar-refractivity contribution is -0.127. The molecule has 2 N–H and O–H groups in total. The van der Waals surface area contributed by atoms with Gasteiger partial charge >= 0.3 is 0 Å². The number of sulfone groups is 1. The van der Waals surface area contributed by atoms with Crippen molar-refractivity contribution in [2.75, 3.05) is 19.3 Å². The van der Waals surface area contributed by atoms with Crippen molar-refractivity contribution in [1.82, 2.24) is 10.6 Å². The minimum absolute atomic E-state index is 0.0661. The van der Waals surface area contributed by atoms with E-state index in [9.17, 15) is 13.2 Å². The quantitative estimate of drug-likeness (QED) is 0.760. The van der Waals surface area contributed by atoms with E-state index in [4.69, 9.17) is 0 Å². The second-order valence-electron chi connectivity index (χ2n) is 6.08. The average Bonchev–Trinajstić information content (AvgIpc) is 2.75. The van der Waals surface area contributed by atoms with Crippen molar-refractivity contribution in [3.63, 3.8) is 0 Å². The van der Waals surface area contributed by atoms with Gasteiger partial charge in [-0.25, -0.2) is 8.42 Å². The molecule has 1 atom stereocenters. The molecule has 1 heterocycles. The van der Waals surface area contributed by atoms with Gasteiger partial charge in [-0.1, -0.05) is 13.3 Å². The molecule has 1 fully saturated rings. The Hall–Kier alpha value is -0.620. The molecular formula is C13H26N2O3S. The molecule has 0 saturated carbocycles. The molecule has 19 heavy (non-hydrogen) atoms. The summed E-state index contributed by atoms with van der Waals surface area (Å²) in [5.74, 6) is -0.0661. The van der Waals surface area contributed by atoms with Crippen molar-refractivity contribution < 1.29 is 13.2 Å². The molecule has 0 spiro atoms. The van der Waals surface area contributed by atoms with Gasteiger partial charge in [-0.15, -0.1) is 0 Å². The molecular weight excluding hydrogens is 264 g/mol. The summed E-state index contributed by atoms with van der Waals surface area (Å²) in [6.07, 6.45) is 4.73. The Labute approximate surface area is 116 Å². The maximum atomic E-state index is 12.4. The van der Waals surface area contributed by atoms with Gasteiger partial charge in [0.25, 0.3) is 0 Å². The monoisotopic (exact) mass is 290 g/mol. The number of rotatable bonds is 6. The smallest absolute Gasteiger partial charge is 0.240 e. The van der Waals surface area contributed by atoms with Crippen LogP contribution >= 0.6 is 0 Å². The lowest BCUT2D eigenvalue weighted by Gasteiger charge is -2.30. The van der Waals surface area contributed by atoms with E-state index in [1.54, 1.807) is 13.8 Å². The van der Waals surface area contributed by atoms with E-state index in [0.29, 0.717) is 0 Å². The van der Waals surface area contributed by atoms with E-state index in [0.717, 1.165) is 32.2 Å². The van der Waals surface area contributed by atoms with Crippen LogP contribution in [0.1, 0.15) is 46.5 Å². The molecule has 6 heteroatoms. The molecule has 1 saturated heterocycles. The van der Waals surface area contributed by atoms with Crippen LogP contribution in [0, 0.1) is 0 Å². The molecule has 0 aromatic rings. The third kappa shape index (κ3) is 3.69. The Morgan fingerprint density at radius 3 is 2.47 bits per heavy atom. The third-order valence-corrected chi connectivity index (χ3v) is 6.19. The van der Waals surface area contributed by atoms with Crippen LogP contribution in [-0.4, -0.2) is 44.0 Å². The fourth-order valence-corrected chi connectivity index (χ4v) is 2.68. The highest BCUT2D eigenvalue weighted by molar-refractivity contribution is 7.92. The summed E-state index contributed by atoms with van der Waals surface area (Å²) >= 11 is 0. The van der Waals surface area contributed by atoms with E-state index in [1.165, 1.54) is 6.26 Å². The van der Waals surface area contributed by atoms with Gasteiger partial charge in [-0.05, 0) is 39.7 Å². The summed E-state index contributed by atoms with van der Waals surface area (Å²) in [5, 5.41) is 6.10. The van der Waals surface area contributed by atoms with Gasteiger partial charge in [0.2, 0.25) is 5.91 Å². The molecule has 0 radical (unpaired) electrons. The first-order chi connectivity index (χ1) is 8.65. The summed E-state index contributed by atoms with van der Waals surface area (Å²) in [5.41, 5.74) is -0.498. The van der Waals surface area contributed by atoms with Crippen LogP contribution in [-0.2, 0) is 14.6 Å². The van der Waals surface area contributed by atoms with Crippen molar-refractivity contribution in [2.45, 2.75) is 56.7 Å². The lowest BCUT2D eigenvalue weighted by atomic mass is 9.90. The Kier molecular flexibility index (Phi) is 5.01. The molecule has 0 aromatic carbocycles. The molecule has 112 valence electrons. The largest absolute Gasteiger partial charge is 0.353 e. The Morgan fingerprint density at radius 2 is 2.05 bits per heavy atom. The van der Waals surface area contributed by atoms with Crippen LogP contribution in [0.2, 0.25) is 0 Å². The number of hydrogen-bond donors (Lipinski definition) is 2. The number of carbonyl (C=O) groups is 1. The van der Waals surface area contributed by atoms with Crippen molar-refractivity contribution >= 4 is 15.7 Å². The Morgan fingerprint density at radius 1 is 1.42 bits per heavy atom. The summed E-state index contributed by atoms with van der Waals surface area (Å²) in [7, 11) is -3.19. The second kappa shape index (κ2) is 5.79. The first-order valence-electron chi connectivity index (χ1n) is 6.87. The maximum absolute atomic E-state index is 12.4. The van der Waals surface area contributed by atoms with E-state index in [-0.39, 0.29) is 12.5 Å². The molecule has 5 nitrogen and oxygen atoms in total. The van der Waals surface area contributed by atoms with Gasteiger partial charge in [-0.3, -0.25) is 4.79 Å². The summed E-state index contributed by atoms with van der Waals surface area (Å²) < 4.78 is 22.3. The van der Waals surface area contributed by atoms with Crippen molar-refractivity contribution in [2.24, 2.45) is 0 Å². The zero-order chi connectivity index (χ0) is 14.7. The summed E-state index contributed by atoms with van der Waals surface area (Å²) in [6, 6.07) is 0. The second-order valence-corrected chi connectivity index (χ2v) is 8.73. The maximum Gasteiger partial charge on any atom is 0.240 e. The molecule has 1 aliphatic rings. The van der Waals surface area contributed by atoms with E-state index < -0.39 is 20.1 Å². The molecule has 1 amide bonds. The van der Waals surface area contributed by atoms with E-state index in [1.807, 2.05) is 0 Å². The van der Waals surface area contributed by atoms with Crippen LogP contribution in [0.25, 0.3) is 0 Å². The Balaban J connectivity index is 2.69. The number of carbonyl (C=O) groups excluding carboxylic acids is 1. The molecule has 1 aliphatic heterocycles. The van der Waals surface area contributed by atoms with Crippen molar-refractivity contribution in [3.8, 4) is 0 Å². The van der Waals surface area contributed by atoms with Gasteiger partial charge in [-0.2, -0.15) is 0 Å². The zero-order valence-electron chi connectivity index (χ0n) is 12.4. The van der Waals surface area contributed by atoms with E-state index >= 15 is 0 Å². The van der Waals surface area contributed by atoms with Gasteiger partial charge in [0.05, 0.1) is 10.3 Å². The normalized spacial score (nSPS) is 24.4. The van der Waals surface area contributed by atoms with Crippen LogP contribution in [0.5, 0.6) is 0 Å². The topological polar surface area (TPSA) is 75.3 Å². The predicted octanol–water partition coefficient (Wildman–Crippen LogP) is 0.848. The van der Waals surface area contributed by atoms with Gasteiger partial charge < -0.3 is 10.6 Å². The molecule has 1 unspecified atom stereocenters. The lowest BCUT2D eigenvalue weighted by Crippen LogP contribution is -2.56. The standard InChI is InChI=1S/C13H26N2O3S/c1-5-7-13(8-6-9-15-13)11(16)14-10-12(2,3)19(4,17)18/h15H,5-10H2,1-4H3,(H,14,16). The fraction of sp³-hybridized carbons (Fsp3) is 0.923. The minimum atomic E-state index is -3.19. The highest BCUT2D eigenvalue weighted by atomic mass is 32.2. The van der Waals surface area contributed by atoms with Gasteiger partial charge in [0.1, 0.15) is 0 Å². The molecule has 0 aromatic heterocycles. The number of nitrogens with one attached hydrogen (secondary N) is 2. The first kappa shape index (κ1) is 16.4. The summed E-state index contributed by atoms with van der Waals surface area (Å²) in [4.78, 5) is 12.4. The first-order valence-corrected chi connectivity index (χ1v) is 8.77. The Bertz CT molecular complexity index is 423. The van der Waals surface area contributed by atoms with Gasteiger partial charge in [0, 0.05) is 12.8 Å². The minimum Gasteiger partial charge on any atom is -0.353 e. The van der Waals surface area contributed by atoms with Crippen LogP contribution in [0.3, 0.4) is 0 Å². The molecule has 0 bridgehead atoms. The fourth-order valence-electron chi connectivity index (χ4n) is 2.35. The molecule has 1 rings (SSSR count). The van der Waals surface area contributed by atoms with E-state index in [2.05, 4.69) is 17.6 Å². The SMILES string of the molecule is CCCC1(C(=O)NCC(C)(C)S(C)(=O)=O)CCCN1. The summed E-state index contributed by atoms with van der Waals surface area (Å²) in [6.45, 7) is 6.32. The van der Waals surface area contributed by atoms with Crippen LogP contribution in [0.4, 0.5) is 0 Å². The van der Waals surface area contributed by atoms with Crippen molar-refractivity contribution in [3.05, 3.63) is 0 Å². The highest BCUT2D eigenvalue weighted by Crippen LogP contribution is 2.25. The van der Waals surface area contributed by atoms with Crippen molar-refractivity contribution in [1.29, 1.82) is 0 Å². The highest BCUT2D eigenvalue weighted by Gasteiger charge is 2.41. The number of amides is 1. The number of hydrogen-bond acceptors (Lipinski definition) is 4. The molecule has 0 aliphatic carbocycles. The predicted molar refractivity (Wildman–Crippen MR) is 76.8 cm³/mol.